The lowest BCUT2D eigenvalue weighted by molar-refractivity contribution is -0.117. The molecule has 0 aliphatic heterocycles. The van der Waals surface area contributed by atoms with E-state index < -0.39 is 0 Å². The molecule has 4 heteroatoms. The highest BCUT2D eigenvalue weighted by molar-refractivity contribution is 8.00. The van der Waals surface area contributed by atoms with Crippen molar-refractivity contribution in [3.05, 3.63) is 59.7 Å². The van der Waals surface area contributed by atoms with Crippen LogP contribution >= 0.6 is 11.8 Å². The Morgan fingerprint density at radius 1 is 1.17 bits per heavy atom. The van der Waals surface area contributed by atoms with Gasteiger partial charge in [-0.2, -0.15) is 0 Å². The van der Waals surface area contributed by atoms with Crippen molar-refractivity contribution in [1.82, 2.24) is 0 Å². The number of rotatable bonds is 7. The van der Waals surface area contributed by atoms with Crippen LogP contribution in [0.3, 0.4) is 0 Å². The van der Waals surface area contributed by atoms with Crippen molar-refractivity contribution in [3.8, 4) is 5.75 Å². The Hall–Kier alpha value is -1.94. The summed E-state index contributed by atoms with van der Waals surface area (Å²) in [6, 6.07) is 15.9. The summed E-state index contributed by atoms with van der Waals surface area (Å²) in [5, 5.41) is -0.0996. The number of carbonyl (C=O) groups is 1. The number of thioether (sulfide) groups is 1. The van der Waals surface area contributed by atoms with Crippen molar-refractivity contribution in [3.63, 3.8) is 0 Å². The van der Waals surface area contributed by atoms with Gasteiger partial charge in [-0.05, 0) is 50.1 Å². The number of aryl methyl sites for hydroxylation is 2. The van der Waals surface area contributed by atoms with E-state index in [9.17, 15) is 4.79 Å². The van der Waals surface area contributed by atoms with E-state index in [-0.39, 0.29) is 11.2 Å². The second-order valence-corrected chi connectivity index (χ2v) is 7.31. The molecule has 0 saturated heterocycles. The molecule has 2 rings (SSSR count). The molecule has 0 aliphatic carbocycles. The van der Waals surface area contributed by atoms with Crippen molar-refractivity contribution in [2.45, 2.75) is 26.0 Å². The van der Waals surface area contributed by atoms with Gasteiger partial charge in [0.05, 0.1) is 11.9 Å². The van der Waals surface area contributed by atoms with E-state index in [1.54, 1.807) is 16.7 Å². The standard InChI is InChI=1S/C20H25NO2S/c1-15-10-11-16(2)19(14-15)23-12-13-24-17(3)20(22)21(4)18-8-6-5-7-9-18/h5-11,14,17H,12-13H2,1-4H3. The Morgan fingerprint density at radius 3 is 2.58 bits per heavy atom. The van der Waals surface area contributed by atoms with E-state index in [0.717, 1.165) is 22.8 Å². The van der Waals surface area contributed by atoms with Gasteiger partial charge in [0.1, 0.15) is 5.75 Å². The van der Waals surface area contributed by atoms with E-state index in [0.29, 0.717) is 6.61 Å². The molecule has 0 spiro atoms. The molecule has 0 fully saturated rings. The molecule has 1 unspecified atom stereocenters. The summed E-state index contributed by atoms with van der Waals surface area (Å²) in [6.45, 7) is 6.65. The van der Waals surface area contributed by atoms with Crippen molar-refractivity contribution < 1.29 is 9.53 Å². The van der Waals surface area contributed by atoms with E-state index in [2.05, 4.69) is 25.1 Å². The summed E-state index contributed by atoms with van der Waals surface area (Å²) in [5.74, 6) is 1.82. The first kappa shape index (κ1) is 18.4. The lowest BCUT2D eigenvalue weighted by atomic mass is 10.1. The number of hydrogen-bond acceptors (Lipinski definition) is 3. The number of anilines is 1. The molecule has 0 radical (unpaired) electrons. The number of hydrogen-bond donors (Lipinski definition) is 0. The highest BCUT2D eigenvalue weighted by atomic mass is 32.2. The third kappa shape index (κ3) is 5.03. The Kier molecular flexibility index (Phi) is 6.73. The average molecular weight is 343 g/mol. The lowest BCUT2D eigenvalue weighted by Crippen LogP contribution is -2.33. The van der Waals surface area contributed by atoms with Gasteiger partial charge < -0.3 is 9.64 Å². The van der Waals surface area contributed by atoms with Crippen molar-refractivity contribution >= 4 is 23.4 Å². The van der Waals surface area contributed by atoms with Crippen LogP contribution < -0.4 is 9.64 Å². The largest absolute Gasteiger partial charge is 0.492 e. The van der Waals surface area contributed by atoms with Crippen LogP contribution in [0.1, 0.15) is 18.1 Å². The van der Waals surface area contributed by atoms with E-state index in [1.807, 2.05) is 51.2 Å². The van der Waals surface area contributed by atoms with Crippen LogP contribution in [0.15, 0.2) is 48.5 Å². The molecular weight excluding hydrogens is 318 g/mol. The highest BCUT2D eigenvalue weighted by Gasteiger charge is 2.18. The zero-order chi connectivity index (χ0) is 17.5. The molecule has 0 saturated carbocycles. The van der Waals surface area contributed by atoms with Crippen molar-refractivity contribution in [1.29, 1.82) is 0 Å². The molecule has 0 heterocycles. The molecule has 0 aliphatic rings. The molecule has 2 aromatic carbocycles. The number of carbonyl (C=O) groups excluding carboxylic acids is 1. The average Bonchev–Trinajstić information content (AvgIpc) is 2.60. The first-order valence-electron chi connectivity index (χ1n) is 8.13. The number of benzene rings is 2. The quantitative estimate of drug-likeness (QED) is 0.695. The molecule has 0 N–H and O–H groups in total. The highest BCUT2D eigenvalue weighted by Crippen LogP contribution is 2.21. The Labute approximate surface area is 149 Å². The van der Waals surface area contributed by atoms with Gasteiger partial charge >= 0.3 is 0 Å². The second-order valence-electron chi connectivity index (χ2n) is 5.86. The Morgan fingerprint density at radius 2 is 1.88 bits per heavy atom. The van der Waals surface area contributed by atoms with Crippen LogP contribution in [-0.2, 0) is 4.79 Å². The van der Waals surface area contributed by atoms with E-state index >= 15 is 0 Å². The fourth-order valence-corrected chi connectivity index (χ4v) is 3.20. The first-order valence-corrected chi connectivity index (χ1v) is 9.18. The fourth-order valence-electron chi connectivity index (χ4n) is 2.36. The number of amides is 1. The number of para-hydroxylation sites is 1. The van der Waals surface area contributed by atoms with Gasteiger partial charge in [0.25, 0.3) is 0 Å². The van der Waals surface area contributed by atoms with Gasteiger partial charge in [-0.25, -0.2) is 0 Å². The normalized spacial score (nSPS) is 11.8. The van der Waals surface area contributed by atoms with Gasteiger partial charge in [0, 0.05) is 18.5 Å². The summed E-state index contributed by atoms with van der Waals surface area (Å²) in [6.07, 6.45) is 0. The minimum Gasteiger partial charge on any atom is -0.492 e. The maximum absolute atomic E-state index is 12.5. The summed E-state index contributed by atoms with van der Waals surface area (Å²) in [5.41, 5.74) is 3.25. The third-order valence-electron chi connectivity index (χ3n) is 3.87. The molecule has 0 bridgehead atoms. The molecule has 128 valence electrons. The maximum Gasteiger partial charge on any atom is 0.239 e. The van der Waals surface area contributed by atoms with Gasteiger partial charge in [0.2, 0.25) is 5.91 Å². The fraction of sp³-hybridized carbons (Fsp3) is 0.350. The number of nitrogens with zero attached hydrogens (tertiary/aromatic N) is 1. The molecule has 3 nitrogen and oxygen atoms in total. The van der Waals surface area contributed by atoms with Crippen LogP contribution in [0, 0.1) is 13.8 Å². The Bertz CT molecular complexity index is 673. The van der Waals surface area contributed by atoms with Gasteiger partial charge in [0.15, 0.2) is 0 Å². The van der Waals surface area contributed by atoms with Crippen LogP contribution in [0.4, 0.5) is 5.69 Å². The number of ether oxygens (including phenoxy) is 1. The van der Waals surface area contributed by atoms with Gasteiger partial charge in [-0.1, -0.05) is 30.3 Å². The summed E-state index contributed by atoms with van der Waals surface area (Å²) in [4.78, 5) is 14.2. The maximum atomic E-state index is 12.5. The SMILES string of the molecule is Cc1ccc(C)c(OCCSC(C)C(=O)N(C)c2ccccc2)c1. The van der Waals surface area contributed by atoms with Crippen molar-refractivity contribution in [2.75, 3.05) is 24.3 Å². The smallest absolute Gasteiger partial charge is 0.239 e. The predicted octanol–water partition coefficient (Wildman–Crippen LogP) is 4.47. The Balaban J connectivity index is 1.79. The van der Waals surface area contributed by atoms with Crippen LogP contribution in [0.25, 0.3) is 0 Å². The molecule has 1 amide bonds. The van der Waals surface area contributed by atoms with Crippen LogP contribution in [0.5, 0.6) is 5.75 Å². The molecule has 2 aromatic rings. The van der Waals surface area contributed by atoms with Crippen LogP contribution in [-0.4, -0.2) is 30.6 Å². The molecule has 24 heavy (non-hydrogen) atoms. The molecule has 1 atom stereocenters. The van der Waals surface area contributed by atoms with Gasteiger partial charge in [-0.15, -0.1) is 11.8 Å². The zero-order valence-electron chi connectivity index (χ0n) is 14.8. The minimum absolute atomic E-state index is 0.0996. The summed E-state index contributed by atoms with van der Waals surface area (Å²) >= 11 is 1.62. The minimum atomic E-state index is -0.0996. The third-order valence-corrected chi connectivity index (χ3v) is 4.98. The summed E-state index contributed by atoms with van der Waals surface area (Å²) in [7, 11) is 1.82. The van der Waals surface area contributed by atoms with Gasteiger partial charge in [-0.3, -0.25) is 4.79 Å². The lowest BCUT2D eigenvalue weighted by Gasteiger charge is -2.21. The van der Waals surface area contributed by atoms with E-state index in [4.69, 9.17) is 4.74 Å². The monoisotopic (exact) mass is 343 g/mol. The van der Waals surface area contributed by atoms with E-state index in [1.165, 1.54) is 5.56 Å². The predicted molar refractivity (Wildman–Crippen MR) is 103 cm³/mol. The zero-order valence-corrected chi connectivity index (χ0v) is 15.6. The summed E-state index contributed by atoms with van der Waals surface area (Å²) < 4.78 is 5.85. The molecule has 0 aromatic heterocycles. The molecular formula is C20H25NO2S. The first-order chi connectivity index (χ1) is 11.5. The van der Waals surface area contributed by atoms with Crippen molar-refractivity contribution in [2.24, 2.45) is 0 Å². The second kappa shape index (κ2) is 8.78. The topological polar surface area (TPSA) is 29.5 Å². The van der Waals surface area contributed by atoms with Crippen LogP contribution in [0.2, 0.25) is 0 Å².